The van der Waals surface area contributed by atoms with Gasteiger partial charge in [-0.25, -0.2) is 0 Å². The molecule has 0 radical (unpaired) electrons. The first kappa shape index (κ1) is 14.4. The number of hydrogen-bond donors (Lipinski definition) is 1. The third kappa shape index (κ3) is 5.48. The summed E-state index contributed by atoms with van der Waals surface area (Å²) in [5.74, 6) is 0. The van der Waals surface area contributed by atoms with Crippen LogP contribution in [0.1, 0.15) is 18.9 Å². The second-order valence-electron chi connectivity index (χ2n) is 4.58. The molecule has 0 saturated carbocycles. The van der Waals surface area contributed by atoms with Crippen LogP contribution < -0.4 is 5.32 Å². The van der Waals surface area contributed by atoms with Crippen molar-refractivity contribution in [2.24, 2.45) is 0 Å². The van der Waals surface area contributed by atoms with Gasteiger partial charge < -0.3 is 10.2 Å². The van der Waals surface area contributed by atoms with Crippen molar-refractivity contribution in [2.75, 3.05) is 27.2 Å². The highest BCUT2D eigenvalue weighted by Gasteiger charge is 2.11. The minimum atomic E-state index is 0.435. The van der Waals surface area contributed by atoms with Gasteiger partial charge in [-0.05, 0) is 45.1 Å². The van der Waals surface area contributed by atoms with Crippen molar-refractivity contribution in [1.29, 1.82) is 0 Å². The summed E-state index contributed by atoms with van der Waals surface area (Å²) >= 11 is 6.14. The second kappa shape index (κ2) is 7.64. The molecule has 1 aromatic heterocycles. The lowest BCUT2D eigenvalue weighted by molar-refractivity contribution is 0.336. The fraction of sp³-hybridized carbons (Fsp3) is 0.615. The van der Waals surface area contributed by atoms with Crippen molar-refractivity contribution >= 4 is 11.6 Å². The molecule has 1 N–H and O–H groups in total. The summed E-state index contributed by atoms with van der Waals surface area (Å²) in [6.45, 7) is 4.24. The normalized spacial score (nSPS) is 13.0. The Morgan fingerprint density at radius 2 is 2.24 bits per heavy atom. The highest BCUT2D eigenvalue weighted by molar-refractivity contribution is 6.31. The topological polar surface area (TPSA) is 28.2 Å². The number of nitrogens with one attached hydrogen (secondary N) is 1. The van der Waals surface area contributed by atoms with Crippen molar-refractivity contribution in [1.82, 2.24) is 15.2 Å². The third-order valence-electron chi connectivity index (χ3n) is 2.59. The summed E-state index contributed by atoms with van der Waals surface area (Å²) in [5.41, 5.74) is 1.16. The van der Waals surface area contributed by atoms with Crippen molar-refractivity contribution in [2.45, 2.75) is 25.8 Å². The summed E-state index contributed by atoms with van der Waals surface area (Å²) in [6.07, 6.45) is 5.60. The third-order valence-corrected chi connectivity index (χ3v) is 2.93. The van der Waals surface area contributed by atoms with Crippen LogP contribution in [0.3, 0.4) is 0 Å². The Morgan fingerprint density at radius 3 is 2.82 bits per heavy atom. The van der Waals surface area contributed by atoms with E-state index < -0.39 is 0 Å². The van der Waals surface area contributed by atoms with Crippen LogP contribution in [0.5, 0.6) is 0 Å². The maximum atomic E-state index is 6.14. The SMILES string of the molecule is CCCNC(Cc1ccncc1Cl)CN(C)C. The van der Waals surface area contributed by atoms with E-state index in [1.54, 1.807) is 12.4 Å². The Kier molecular flexibility index (Phi) is 6.48. The van der Waals surface area contributed by atoms with Crippen molar-refractivity contribution in [3.63, 3.8) is 0 Å². The monoisotopic (exact) mass is 255 g/mol. The molecule has 17 heavy (non-hydrogen) atoms. The zero-order valence-corrected chi connectivity index (χ0v) is 11.7. The number of aromatic nitrogens is 1. The van der Waals surface area contributed by atoms with E-state index in [0.717, 1.165) is 36.5 Å². The van der Waals surface area contributed by atoms with Gasteiger partial charge in [-0.3, -0.25) is 4.98 Å². The molecular weight excluding hydrogens is 234 g/mol. The van der Waals surface area contributed by atoms with E-state index in [-0.39, 0.29) is 0 Å². The number of nitrogens with zero attached hydrogens (tertiary/aromatic N) is 2. The van der Waals surface area contributed by atoms with Crippen LogP contribution in [0.4, 0.5) is 0 Å². The molecular formula is C13H22ClN3. The fourth-order valence-corrected chi connectivity index (χ4v) is 2.02. The molecule has 4 heteroatoms. The van der Waals surface area contributed by atoms with Crippen LogP contribution in [0, 0.1) is 0 Å². The molecule has 0 aromatic carbocycles. The zero-order chi connectivity index (χ0) is 12.7. The Hall–Kier alpha value is -0.640. The van der Waals surface area contributed by atoms with E-state index in [9.17, 15) is 0 Å². The zero-order valence-electron chi connectivity index (χ0n) is 10.9. The molecule has 0 aliphatic carbocycles. The van der Waals surface area contributed by atoms with Gasteiger partial charge in [-0.15, -0.1) is 0 Å². The van der Waals surface area contributed by atoms with Crippen LogP contribution in [-0.4, -0.2) is 43.1 Å². The minimum absolute atomic E-state index is 0.435. The first-order chi connectivity index (χ1) is 8.13. The van der Waals surface area contributed by atoms with Gasteiger partial charge in [0, 0.05) is 25.0 Å². The summed E-state index contributed by atoms with van der Waals surface area (Å²) in [6, 6.07) is 2.43. The molecule has 1 heterocycles. The largest absolute Gasteiger partial charge is 0.312 e. The summed E-state index contributed by atoms with van der Waals surface area (Å²) in [5, 5.41) is 4.31. The van der Waals surface area contributed by atoms with E-state index in [2.05, 4.69) is 36.2 Å². The fourth-order valence-electron chi connectivity index (χ4n) is 1.83. The van der Waals surface area contributed by atoms with Crippen molar-refractivity contribution in [3.8, 4) is 0 Å². The van der Waals surface area contributed by atoms with Crippen LogP contribution >= 0.6 is 11.6 Å². The lowest BCUT2D eigenvalue weighted by Gasteiger charge is -2.22. The molecule has 0 amide bonds. The average molecular weight is 256 g/mol. The summed E-state index contributed by atoms with van der Waals surface area (Å²) in [4.78, 5) is 6.21. The maximum absolute atomic E-state index is 6.14. The van der Waals surface area contributed by atoms with Gasteiger partial charge in [-0.2, -0.15) is 0 Å². The predicted octanol–water partition coefficient (Wildman–Crippen LogP) is 2.21. The van der Waals surface area contributed by atoms with E-state index >= 15 is 0 Å². The predicted molar refractivity (Wildman–Crippen MR) is 73.6 cm³/mol. The van der Waals surface area contributed by atoms with Gasteiger partial charge in [0.1, 0.15) is 0 Å². The summed E-state index contributed by atoms with van der Waals surface area (Å²) in [7, 11) is 4.18. The minimum Gasteiger partial charge on any atom is -0.312 e. The number of halogens is 1. The van der Waals surface area contributed by atoms with Crippen LogP contribution in [0.15, 0.2) is 18.5 Å². The highest BCUT2D eigenvalue weighted by Crippen LogP contribution is 2.15. The second-order valence-corrected chi connectivity index (χ2v) is 4.99. The maximum Gasteiger partial charge on any atom is 0.0621 e. The molecule has 0 saturated heterocycles. The molecule has 1 aromatic rings. The van der Waals surface area contributed by atoms with Gasteiger partial charge in [-0.1, -0.05) is 18.5 Å². The first-order valence-electron chi connectivity index (χ1n) is 6.10. The Labute approximate surface area is 109 Å². The number of likely N-dealkylation sites (N-methyl/N-ethyl adjacent to an activating group) is 1. The van der Waals surface area contributed by atoms with Crippen molar-refractivity contribution < 1.29 is 0 Å². The Balaban J connectivity index is 2.61. The molecule has 3 nitrogen and oxygen atoms in total. The molecule has 0 aliphatic rings. The molecule has 1 atom stereocenters. The van der Waals surface area contributed by atoms with Gasteiger partial charge >= 0.3 is 0 Å². The lowest BCUT2D eigenvalue weighted by atomic mass is 10.1. The molecule has 0 aliphatic heterocycles. The lowest BCUT2D eigenvalue weighted by Crippen LogP contribution is -2.40. The number of pyridine rings is 1. The van der Waals surface area contributed by atoms with E-state index in [0.29, 0.717) is 6.04 Å². The molecule has 1 unspecified atom stereocenters. The summed E-state index contributed by atoms with van der Waals surface area (Å²) < 4.78 is 0. The number of rotatable bonds is 7. The van der Waals surface area contributed by atoms with Crippen LogP contribution in [0.2, 0.25) is 5.02 Å². The standard InChI is InChI=1S/C13H22ClN3/c1-4-6-16-12(10-17(2)3)8-11-5-7-15-9-13(11)14/h5,7,9,12,16H,4,6,8,10H2,1-3H3. The Bertz CT molecular complexity index is 328. The van der Waals surface area contributed by atoms with Gasteiger partial charge in [0.15, 0.2) is 0 Å². The van der Waals surface area contributed by atoms with E-state index in [4.69, 9.17) is 11.6 Å². The molecule has 0 bridgehead atoms. The van der Waals surface area contributed by atoms with E-state index in [1.165, 1.54) is 0 Å². The average Bonchev–Trinajstić information content (AvgIpc) is 2.28. The first-order valence-corrected chi connectivity index (χ1v) is 6.47. The molecule has 1 rings (SSSR count). The van der Waals surface area contributed by atoms with E-state index in [1.807, 2.05) is 6.07 Å². The highest BCUT2D eigenvalue weighted by atomic mass is 35.5. The smallest absolute Gasteiger partial charge is 0.0621 e. The number of hydrogen-bond acceptors (Lipinski definition) is 3. The Morgan fingerprint density at radius 1 is 1.47 bits per heavy atom. The van der Waals surface area contributed by atoms with Crippen LogP contribution in [0.25, 0.3) is 0 Å². The molecule has 96 valence electrons. The van der Waals surface area contributed by atoms with Crippen LogP contribution in [-0.2, 0) is 6.42 Å². The van der Waals surface area contributed by atoms with Gasteiger partial charge in [0.2, 0.25) is 0 Å². The molecule has 0 fully saturated rings. The quantitative estimate of drug-likeness (QED) is 0.810. The van der Waals surface area contributed by atoms with Crippen molar-refractivity contribution in [3.05, 3.63) is 29.0 Å². The molecule has 0 spiro atoms. The van der Waals surface area contributed by atoms with Gasteiger partial charge in [0.05, 0.1) is 5.02 Å². The van der Waals surface area contributed by atoms with Gasteiger partial charge in [0.25, 0.3) is 0 Å².